The molecule has 5 heteroatoms. The van der Waals surface area contributed by atoms with E-state index in [0.29, 0.717) is 0 Å². The van der Waals surface area contributed by atoms with E-state index in [1.165, 1.54) is 6.08 Å². The molecule has 0 saturated carbocycles. The predicted octanol–water partition coefficient (Wildman–Crippen LogP) is 3.59. The number of anilines is 2. The van der Waals surface area contributed by atoms with Gasteiger partial charge in [0.15, 0.2) is 0 Å². The molecule has 1 amide bonds. The molecule has 0 bridgehead atoms. The molecule has 0 aliphatic heterocycles. The molecule has 3 rings (SSSR count). The van der Waals surface area contributed by atoms with Gasteiger partial charge in [-0.1, -0.05) is 12.1 Å². The van der Waals surface area contributed by atoms with Crippen LogP contribution in [0.1, 0.15) is 5.56 Å². The molecule has 0 saturated heterocycles. The van der Waals surface area contributed by atoms with Gasteiger partial charge < -0.3 is 10.2 Å². The molecule has 0 radical (unpaired) electrons. The highest BCUT2D eigenvalue weighted by molar-refractivity contribution is 6.01. The highest BCUT2D eigenvalue weighted by Gasteiger charge is 2.00. The average Bonchev–Trinajstić information content (AvgIpc) is 3.15. The van der Waals surface area contributed by atoms with Crippen molar-refractivity contribution in [1.82, 2.24) is 9.78 Å². The SMILES string of the molecule is CN(C)c1ccc(/C=C/C(=O)Nc2ccc(-n3cccn3)cc2)cc1. The van der Waals surface area contributed by atoms with Crippen molar-refractivity contribution in [2.45, 2.75) is 0 Å². The summed E-state index contributed by atoms with van der Waals surface area (Å²) in [7, 11) is 3.99. The van der Waals surface area contributed by atoms with E-state index in [0.717, 1.165) is 22.6 Å². The Balaban J connectivity index is 1.60. The van der Waals surface area contributed by atoms with Gasteiger partial charge >= 0.3 is 0 Å². The first-order valence-electron chi connectivity index (χ1n) is 7.98. The molecule has 0 aliphatic carbocycles. The molecule has 2 aromatic carbocycles. The lowest BCUT2D eigenvalue weighted by Gasteiger charge is -2.11. The second kappa shape index (κ2) is 7.49. The van der Waals surface area contributed by atoms with Crippen LogP contribution in [0.25, 0.3) is 11.8 Å². The monoisotopic (exact) mass is 332 g/mol. The summed E-state index contributed by atoms with van der Waals surface area (Å²) >= 11 is 0. The molecule has 1 aromatic heterocycles. The number of aromatic nitrogens is 2. The third kappa shape index (κ3) is 4.35. The highest BCUT2D eigenvalue weighted by atomic mass is 16.1. The van der Waals surface area contributed by atoms with Gasteiger partial charge in [0.2, 0.25) is 5.91 Å². The number of carbonyl (C=O) groups is 1. The molecule has 0 atom stereocenters. The lowest BCUT2D eigenvalue weighted by molar-refractivity contribution is -0.111. The fourth-order valence-corrected chi connectivity index (χ4v) is 2.36. The van der Waals surface area contributed by atoms with E-state index in [-0.39, 0.29) is 5.91 Å². The number of benzene rings is 2. The van der Waals surface area contributed by atoms with Crippen molar-refractivity contribution in [3.05, 3.63) is 78.6 Å². The first kappa shape index (κ1) is 16.5. The second-order valence-corrected chi connectivity index (χ2v) is 5.81. The van der Waals surface area contributed by atoms with Crippen LogP contribution >= 0.6 is 0 Å². The Morgan fingerprint density at radius 3 is 2.40 bits per heavy atom. The third-order valence-electron chi connectivity index (χ3n) is 3.74. The molecule has 5 nitrogen and oxygen atoms in total. The second-order valence-electron chi connectivity index (χ2n) is 5.81. The van der Waals surface area contributed by atoms with E-state index >= 15 is 0 Å². The zero-order valence-corrected chi connectivity index (χ0v) is 14.3. The summed E-state index contributed by atoms with van der Waals surface area (Å²) in [6.07, 6.45) is 6.93. The van der Waals surface area contributed by atoms with Crippen LogP contribution in [-0.4, -0.2) is 29.8 Å². The molecule has 126 valence electrons. The van der Waals surface area contributed by atoms with Gasteiger partial charge in [0.25, 0.3) is 0 Å². The maximum Gasteiger partial charge on any atom is 0.248 e. The minimum atomic E-state index is -0.163. The molecule has 0 unspecified atom stereocenters. The van der Waals surface area contributed by atoms with Gasteiger partial charge in [0, 0.05) is 43.9 Å². The van der Waals surface area contributed by atoms with E-state index in [9.17, 15) is 4.79 Å². The van der Waals surface area contributed by atoms with Crippen molar-refractivity contribution in [3.63, 3.8) is 0 Å². The van der Waals surface area contributed by atoms with Crippen molar-refractivity contribution in [2.24, 2.45) is 0 Å². The Morgan fingerprint density at radius 1 is 1.08 bits per heavy atom. The summed E-state index contributed by atoms with van der Waals surface area (Å²) in [6.45, 7) is 0. The number of hydrogen-bond donors (Lipinski definition) is 1. The fraction of sp³-hybridized carbons (Fsp3) is 0.100. The van der Waals surface area contributed by atoms with Crippen molar-refractivity contribution in [1.29, 1.82) is 0 Å². The Bertz CT molecular complexity index is 848. The summed E-state index contributed by atoms with van der Waals surface area (Å²) in [6, 6.07) is 17.4. The quantitative estimate of drug-likeness (QED) is 0.727. The van der Waals surface area contributed by atoms with E-state index in [1.54, 1.807) is 17.0 Å². The fourth-order valence-electron chi connectivity index (χ4n) is 2.36. The van der Waals surface area contributed by atoms with Crippen LogP contribution in [0.15, 0.2) is 73.1 Å². The average molecular weight is 332 g/mol. The molecule has 25 heavy (non-hydrogen) atoms. The van der Waals surface area contributed by atoms with E-state index in [2.05, 4.69) is 10.4 Å². The summed E-state index contributed by atoms with van der Waals surface area (Å²) in [4.78, 5) is 14.1. The Morgan fingerprint density at radius 2 is 1.80 bits per heavy atom. The summed E-state index contributed by atoms with van der Waals surface area (Å²) < 4.78 is 1.77. The Labute approximate surface area is 147 Å². The number of amides is 1. The Hall–Kier alpha value is -3.34. The van der Waals surface area contributed by atoms with Crippen molar-refractivity contribution < 1.29 is 4.79 Å². The van der Waals surface area contributed by atoms with E-state index in [4.69, 9.17) is 0 Å². The minimum Gasteiger partial charge on any atom is -0.378 e. The van der Waals surface area contributed by atoms with Gasteiger partial charge in [-0.05, 0) is 54.1 Å². The van der Waals surface area contributed by atoms with Crippen LogP contribution in [0.3, 0.4) is 0 Å². The maximum absolute atomic E-state index is 12.1. The molecule has 0 spiro atoms. The van der Waals surface area contributed by atoms with Crippen LogP contribution in [0.2, 0.25) is 0 Å². The zero-order chi connectivity index (χ0) is 17.6. The lowest BCUT2D eigenvalue weighted by atomic mass is 10.2. The maximum atomic E-state index is 12.1. The van der Waals surface area contributed by atoms with Crippen molar-refractivity contribution >= 4 is 23.4 Å². The number of nitrogens with one attached hydrogen (secondary N) is 1. The minimum absolute atomic E-state index is 0.163. The van der Waals surface area contributed by atoms with E-state index in [1.807, 2.05) is 79.8 Å². The van der Waals surface area contributed by atoms with Crippen LogP contribution in [-0.2, 0) is 4.79 Å². The van der Waals surface area contributed by atoms with Crippen LogP contribution in [0, 0.1) is 0 Å². The summed E-state index contributed by atoms with van der Waals surface area (Å²) in [5, 5.41) is 7.02. The van der Waals surface area contributed by atoms with Gasteiger partial charge in [-0.25, -0.2) is 4.68 Å². The Kier molecular flexibility index (Phi) is 4.95. The van der Waals surface area contributed by atoms with Gasteiger partial charge in [0.1, 0.15) is 0 Å². The number of nitrogens with zero attached hydrogens (tertiary/aromatic N) is 3. The van der Waals surface area contributed by atoms with Gasteiger partial charge in [0.05, 0.1) is 5.69 Å². The van der Waals surface area contributed by atoms with E-state index < -0.39 is 0 Å². The molecular formula is C20H20N4O. The van der Waals surface area contributed by atoms with Crippen LogP contribution < -0.4 is 10.2 Å². The highest BCUT2D eigenvalue weighted by Crippen LogP contribution is 2.14. The standard InChI is InChI=1S/C20H20N4O/c1-23(2)18-9-4-16(5-10-18)6-13-20(25)22-17-7-11-19(12-8-17)24-15-3-14-21-24/h3-15H,1-2H3,(H,22,25)/b13-6+. The van der Waals surface area contributed by atoms with Gasteiger partial charge in [-0.3, -0.25) is 4.79 Å². The first-order valence-corrected chi connectivity index (χ1v) is 7.98. The zero-order valence-electron chi connectivity index (χ0n) is 14.3. The normalized spacial score (nSPS) is 10.8. The van der Waals surface area contributed by atoms with Crippen molar-refractivity contribution in [2.75, 3.05) is 24.3 Å². The largest absolute Gasteiger partial charge is 0.378 e. The van der Waals surface area contributed by atoms with Gasteiger partial charge in [-0.2, -0.15) is 5.10 Å². The van der Waals surface area contributed by atoms with Crippen molar-refractivity contribution in [3.8, 4) is 5.69 Å². The number of hydrogen-bond acceptors (Lipinski definition) is 3. The molecule has 1 N–H and O–H groups in total. The predicted molar refractivity (Wildman–Crippen MR) is 102 cm³/mol. The third-order valence-corrected chi connectivity index (χ3v) is 3.74. The molecule has 3 aromatic rings. The van der Waals surface area contributed by atoms with Gasteiger partial charge in [-0.15, -0.1) is 0 Å². The summed E-state index contributed by atoms with van der Waals surface area (Å²) in [5.41, 5.74) is 3.79. The number of rotatable bonds is 5. The van der Waals surface area contributed by atoms with Crippen LogP contribution in [0.4, 0.5) is 11.4 Å². The smallest absolute Gasteiger partial charge is 0.248 e. The molecule has 0 aliphatic rings. The molecular weight excluding hydrogens is 312 g/mol. The number of carbonyl (C=O) groups excluding carboxylic acids is 1. The lowest BCUT2D eigenvalue weighted by Crippen LogP contribution is -2.08. The summed E-state index contributed by atoms with van der Waals surface area (Å²) in [5.74, 6) is -0.163. The molecule has 0 fully saturated rings. The van der Waals surface area contributed by atoms with Crippen LogP contribution in [0.5, 0.6) is 0 Å². The topological polar surface area (TPSA) is 50.2 Å². The molecule has 1 heterocycles. The first-order chi connectivity index (χ1) is 12.1.